The summed E-state index contributed by atoms with van der Waals surface area (Å²) in [7, 11) is 0. The number of ether oxygens (including phenoxy) is 2. The quantitative estimate of drug-likeness (QED) is 0.534. The van der Waals surface area contributed by atoms with Gasteiger partial charge in [-0.15, -0.1) is 0 Å². The second-order valence-corrected chi connectivity index (χ2v) is 4.04. The highest BCUT2D eigenvalue weighted by atomic mass is 16.7. The van der Waals surface area contributed by atoms with E-state index in [1.54, 1.807) is 24.3 Å². The van der Waals surface area contributed by atoms with Crippen LogP contribution in [0.15, 0.2) is 24.3 Å². The molecule has 99 valence electrons. The summed E-state index contributed by atoms with van der Waals surface area (Å²) < 4.78 is 10.5. The van der Waals surface area contributed by atoms with Crippen LogP contribution in [0.5, 0.6) is 5.75 Å². The molecular formula is C12H15O6. The van der Waals surface area contributed by atoms with Crippen LogP contribution in [0.2, 0.25) is 0 Å². The van der Waals surface area contributed by atoms with Crippen LogP contribution < -0.4 is 4.74 Å². The first-order valence-corrected chi connectivity index (χ1v) is 5.57. The number of para-hydroxylation sites is 1. The van der Waals surface area contributed by atoms with Gasteiger partial charge in [-0.25, -0.2) is 0 Å². The molecule has 1 radical (unpaired) electrons. The van der Waals surface area contributed by atoms with Gasteiger partial charge < -0.3 is 29.9 Å². The molecule has 1 fully saturated rings. The van der Waals surface area contributed by atoms with Crippen molar-refractivity contribution >= 4 is 0 Å². The minimum Gasteiger partial charge on any atom is -0.461 e. The van der Waals surface area contributed by atoms with Crippen LogP contribution >= 0.6 is 0 Å². The molecule has 0 bridgehead atoms. The minimum atomic E-state index is -1.44. The Morgan fingerprint density at radius 2 is 1.94 bits per heavy atom. The monoisotopic (exact) mass is 255 g/mol. The predicted molar refractivity (Wildman–Crippen MR) is 59.7 cm³/mol. The second kappa shape index (κ2) is 5.64. The van der Waals surface area contributed by atoms with E-state index < -0.39 is 37.3 Å². The molecule has 18 heavy (non-hydrogen) atoms. The van der Waals surface area contributed by atoms with Gasteiger partial charge in [-0.3, -0.25) is 0 Å². The molecular weight excluding hydrogens is 240 g/mol. The van der Waals surface area contributed by atoms with E-state index in [0.717, 1.165) is 0 Å². The molecule has 0 spiro atoms. The molecule has 1 aliphatic heterocycles. The highest BCUT2D eigenvalue weighted by molar-refractivity contribution is 5.19. The summed E-state index contributed by atoms with van der Waals surface area (Å²) in [6, 6.07) is 9.48. The highest BCUT2D eigenvalue weighted by Gasteiger charge is 2.44. The van der Waals surface area contributed by atoms with Crippen LogP contribution in [-0.4, -0.2) is 57.7 Å². The molecule has 6 heteroatoms. The van der Waals surface area contributed by atoms with Crippen LogP contribution in [0.4, 0.5) is 0 Å². The smallest absolute Gasteiger partial charge is 0.229 e. The largest absolute Gasteiger partial charge is 0.461 e. The number of hydrogen-bond acceptors (Lipinski definition) is 6. The van der Waals surface area contributed by atoms with E-state index in [-0.39, 0.29) is 0 Å². The lowest BCUT2D eigenvalue weighted by molar-refractivity contribution is -0.277. The zero-order valence-corrected chi connectivity index (χ0v) is 9.51. The zero-order chi connectivity index (χ0) is 13.1. The molecule has 5 atom stereocenters. The van der Waals surface area contributed by atoms with Crippen molar-refractivity contribution in [1.82, 2.24) is 0 Å². The van der Waals surface area contributed by atoms with E-state index in [0.29, 0.717) is 5.75 Å². The Bertz CT molecular complexity index is 368. The first kappa shape index (κ1) is 13.3. The number of aliphatic hydroxyl groups excluding tert-OH is 4. The second-order valence-electron chi connectivity index (χ2n) is 4.04. The fourth-order valence-corrected chi connectivity index (χ4v) is 1.74. The first-order valence-electron chi connectivity index (χ1n) is 5.57. The molecule has 0 aliphatic carbocycles. The van der Waals surface area contributed by atoms with Crippen LogP contribution in [0.3, 0.4) is 0 Å². The van der Waals surface area contributed by atoms with Crippen LogP contribution in [0.1, 0.15) is 0 Å². The number of benzene rings is 1. The Morgan fingerprint density at radius 3 is 2.56 bits per heavy atom. The molecule has 1 aromatic rings. The lowest BCUT2D eigenvalue weighted by Gasteiger charge is -2.39. The number of hydrogen-bond donors (Lipinski definition) is 4. The Kier molecular flexibility index (Phi) is 4.15. The third-order valence-corrected chi connectivity index (χ3v) is 2.77. The van der Waals surface area contributed by atoms with Crippen molar-refractivity contribution in [3.8, 4) is 5.75 Å². The molecule has 1 aromatic carbocycles. The van der Waals surface area contributed by atoms with Gasteiger partial charge in [0.25, 0.3) is 0 Å². The third kappa shape index (κ3) is 2.63. The Balaban J connectivity index is 2.08. The van der Waals surface area contributed by atoms with E-state index in [2.05, 4.69) is 6.07 Å². The maximum atomic E-state index is 9.73. The molecule has 6 nitrogen and oxygen atoms in total. The molecule has 0 amide bonds. The van der Waals surface area contributed by atoms with Crippen molar-refractivity contribution in [3.63, 3.8) is 0 Å². The topological polar surface area (TPSA) is 99.4 Å². The van der Waals surface area contributed by atoms with Gasteiger partial charge in [0.05, 0.1) is 6.61 Å². The van der Waals surface area contributed by atoms with E-state index >= 15 is 0 Å². The fraction of sp³-hybridized carbons (Fsp3) is 0.500. The van der Waals surface area contributed by atoms with E-state index in [1.165, 1.54) is 0 Å². The fourth-order valence-electron chi connectivity index (χ4n) is 1.74. The molecule has 1 aliphatic rings. The molecule has 1 heterocycles. The van der Waals surface area contributed by atoms with Gasteiger partial charge in [0.1, 0.15) is 30.2 Å². The summed E-state index contributed by atoms with van der Waals surface area (Å²) in [6.45, 7) is -0.483. The van der Waals surface area contributed by atoms with Crippen molar-refractivity contribution in [2.45, 2.75) is 30.7 Å². The molecule has 0 aromatic heterocycles. The Hall–Kier alpha value is -1.18. The molecule has 1 unspecified atom stereocenters. The van der Waals surface area contributed by atoms with Crippen molar-refractivity contribution in [1.29, 1.82) is 0 Å². The van der Waals surface area contributed by atoms with Gasteiger partial charge in [0.2, 0.25) is 6.29 Å². The van der Waals surface area contributed by atoms with Crippen molar-refractivity contribution < 1.29 is 29.9 Å². The third-order valence-electron chi connectivity index (χ3n) is 2.77. The average Bonchev–Trinajstić information content (AvgIpc) is 2.40. The summed E-state index contributed by atoms with van der Waals surface area (Å²) >= 11 is 0. The summed E-state index contributed by atoms with van der Waals surface area (Å²) in [4.78, 5) is 0. The van der Waals surface area contributed by atoms with Gasteiger partial charge >= 0.3 is 0 Å². The maximum Gasteiger partial charge on any atom is 0.229 e. The SMILES string of the molecule is OC[C@H]1OC(Oc2[c]cccc2)[C@H](O)[C@@H](O)[C@@H]1O. The van der Waals surface area contributed by atoms with Crippen LogP contribution in [0.25, 0.3) is 0 Å². The molecule has 4 N–H and O–H groups in total. The Morgan fingerprint density at radius 1 is 1.17 bits per heavy atom. The number of aliphatic hydroxyl groups is 4. The standard InChI is InChI=1S/C12H15O6/c13-6-8-9(14)10(15)11(16)12(18-8)17-7-4-2-1-3-5-7/h1-4,8-16H,6H2/t8-,9-,10+,11-,12?/m1/s1. The van der Waals surface area contributed by atoms with Crippen molar-refractivity contribution in [2.75, 3.05) is 6.61 Å². The van der Waals surface area contributed by atoms with Gasteiger partial charge in [-0.05, 0) is 6.07 Å². The van der Waals surface area contributed by atoms with Crippen molar-refractivity contribution in [3.05, 3.63) is 30.3 Å². The van der Waals surface area contributed by atoms with Crippen molar-refractivity contribution in [2.24, 2.45) is 0 Å². The summed E-state index contributed by atoms with van der Waals surface area (Å²) in [6.07, 6.45) is -6.37. The van der Waals surface area contributed by atoms with Gasteiger partial charge in [-0.2, -0.15) is 0 Å². The first-order chi connectivity index (χ1) is 8.63. The number of rotatable bonds is 3. The molecule has 1 saturated heterocycles. The summed E-state index contributed by atoms with van der Waals surface area (Å²) in [5.74, 6) is 0.335. The van der Waals surface area contributed by atoms with Gasteiger partial charge in [0, 0.05) is 6.07 Å². The molecule has 2 rings (SSSR count). The zero-order valence-electron chi connectivity index (χ0n) is 9.51. The lowest BCUT2D eigenvalue weighted by Crippen LogP contribution is -2.60. The normalized spacial score (nSPS) is 36.3. The van der Waals surface area contributed by atoms with E-state index in [9.17, 15) is 15.3 Å². The lowest BCUT2D eigenvalue weighted by atomic mass is 9.99. The Labute approximate surface area is 104 Å². The molecule has 0 saturated carbocycles. The summed E-state index contributed by atoms with van der Waals surface area (Å²) in [5, 5.41) is 37.9. The highest BCUT2D eigenvalue weighted by Crippen LogP contribution is 2.23. The minimum absolute atomic E-state index is 0.335. The predicted octanol–water partition coefficient (Wildman–Crippen LogP) is -1.33. The van der Waals surface area contributed by atoms with Crippen LogP contribution in [0, 0.1) is 6.07 Å². The van der Waals surface area contributed by atoms with Crippen LogP contribution in [-0.2, 0) is 4.74 Å². The van der Waals surface area contributed by atoms with E-state index in [4.69, 9.17) is 14.6 Å². The maximum absolute atomic E-state index is 9.73. The van der Waals surface area contributed by atoms with E-state index in [1.807, 2.05) is 0 Å². The summed E-state index contributed by atoms with van der Waals surface area (Å²) in [5.41, 5.74) is 0. The van der Waals surface area contributed by atoms with Gasteiger partial charge in [0.15, 0.2) is 0 Å². The average molecular weight is 255 g/mol. The van der Waals surface area contributed by atoms with Gasteiger partial charge in [-0.1, -0.05) is 18.2 Å².